The maximum atomic E-state index is 12.5. The SMILES string of the molecule is CCOC(=O)CCn1ccc(/C=C2\CN(OC(=O)C(F)(F)F)CCC2SC(C)=O)n1. The monoisotopic (exact) mass is 449 g/mol. The number of piperidine rings is 1. The molecule has 2 heterocycles. The van der Waals surface area contributed by atoms with Gasteiger partial charge in [0, 0.05) is 24.9 Å². The van der Waals surface area contributed by atoms with Gasteiger partial charge in [0.25, 0.3) is 0 Å². The second kappa shape index (κ2) is 10.6. The number of halogens is 3. The number of hydroxylamine groups is 2. The molecule has 1 aliphatic heterocycles. The Labute approximate surface area is 175 Å². The predicted octanol–water partition coefficient (Wildman–Crippen LogP) is 2.59. The first-order valence-electron chi connectivity index (χ1n) is 9.19. The number of thioether (sulfide) groups is 1. The molecule has 12 heteroatoms. The van der Waals surface area contributed by atoms with Crippen LogP contribution in [0.3, 0.4) is 0 Å². The molecule has 0 bridgehead atoms. The summed E-state index contributed by atoms with van der Waals surface area (Å²) in [5.74, 6) is -2.64. The van der Waals surface area contributed by atoms with Gasteiger partial charge < -0.3 is 9.57 Å². The summed E-state index contributed by atoms with van der Waals surface area (Å²) in [5.41, 5.74) is 1.11. The second-order valence-corrected chi connectivity index (χ2v) is 7.78. The summed E-state index contributed by atoms with van der Waals surface area (Å²) in [4.78, 5) is 38.5. The number of hydrogen-bond donors (Lipinski definition) is 0. The fourth-order valence-corrected chi connectivity index (χ4v) is 3.68. The Morgan fingerprint density at radius 1 is 1.37 bits per heavy atom. The Morgan fingerprint density at radius 3 is 2.73 bits per heavy atom. The van der Waals surface area contributed by atoms with Crippen molar-refractivity contribution in [3.8, 4) is 0 Å². The van der Waals surface area contributed by atoms with E-state index >= 15 is 0 Å². The minimum Gasteiger partial charge on any atom is -0.466 e. The number of alkyl halides is 3. The zero-order valence-electron chi connectivity index (χ0n) is 16.5. The first-order chi connectivity index (χ1) is 14.1. The molecule has 2 rings (SSSR count). The highest BCUT2D eigenvalue weighted by molar-refractivity contribution is 8.14. The summed E-state index contributed by atoms with van der Waals surface area (Å²) in [7, 11) is 0. The van der Waals surface area contributed by atoms with Crippen molar-refractivity contribution in [3.05, 3.63) is 23.5 Å². The maximum Gasteiger partial charge on any atom is 0.492 e. The number of ether oxygens (including phenoxy) is 1. The zero-order valence-corrected chi connectivity index (χ0v) is 17.3. The molecule has 1 aliphatic rings. The summed E-state index contributed by atoms with van der Waals surface area (Å²) >= 11 is 1.06. The Morgan fingerprint density at radius 2 is 2.10 bits per heavy atom. The molecule has 0 spiro atoms. The molecule has 0 N–H and O–H groups in total. The summed E-state index contributed by atoms with van der Waals surface area (Å²) in [6.07, 6.45) is -1.31. The Kier molecular flexibility index (Phi) is 8.47. The summed E-state index contributed by atoms with van der Waals surface area (Å²) in [5, 5.41) is 4.83. The van der Waals surface area contributed by atoms with Crippen LogP contribution < -0.4 is 0 Å². The molecule has 1 unspecified atom stereocenters. The molecule has 1 atom stereocenters. The van der Waals surface area contributed by atoms with Crippen molar-refractivity contribution in [2.75, 3.05) is 19.7 Å². The van der Waals surface area contributed by atoms with Gasteiger partial charge in [0.1, 0.15) is 0 Å². The van der Waals surface area contributed by atoms with Crippen LogP contribution in [-0.4, -0.2) is 63.0 Å². The smallest absolute Gasteiger partial charge is 0.466 e. The number of rotatable bonds is 7. The van der Waals surface area contributed by atoms with Crippen molar-refractivity contribution >= 4 is 34.9 Å². The van der Waals surface area contributed by atoms with E-state index in [1.807, 2.05) is 0 Å². The van der Waals surface area contributed by atoms with E-state index in [2.05, 4.69) is 9.94 Å². The number of hydrogen-bond acceptors (Lipinski definition) is 8. The van der Waals surface area contributed by atoms with Gasteiger partial charge in [-0.15, -0.1) is 5.06 Å². The molecule has 0 radical (unpaired) electrons. The van der Waals surface area contributed by atoms with E-state index in [0.717, 1.165) is 16.8 Å². The van der Waals surface area contributed by atoms with Crippen molar-refractivity contribution in [1.29, 1.82) is 0 Å². The van der Waals surface area contributed by atoms with Gasteiger partial charge >= 0.3 is 18.1 Å². The van der Waals surface area contributed by atoms with E-state index in [1.165, 1.54) is 6.92 Å². The van der Waals surface area contributed by atoms with Crippen LogP contribution in [0.2, 0.25) is 0 Å². The molecule has 1 aromatic heterocycles. The third kappa shape index (κ3) is 7.48. The molecule has 1 saturated heterocycles. The minimum absolute atomic E-state index is 0.0675. The van der Waals surface area contributed by atoms with E-state index in [-0.39, 0.29) is 35.8 Å². The Balaban J connectivity index is 2.10. The van der Waals surface area contributed by atoms with Crippen molar-refractivity contribution in [3.63, 3.8) is 0 Å². The van der Waals surface area contributed by atoms with Crippen molar-refractivity contribution < 1.29 is 37.1 Å². The van der Waals surface area contributed by atoms with Gasteiger partial charge in [-0.05, 0) is 31.1 Å². The predicted molar refractivity (Wildman–Crippen MR) is 102 cm³/mol. The first-order valence-corrected chi connectivity index (χ1v) is 10.1. The Hall–Kier alpha value is -2.34. The first kappa shape index (κ1) is 23.9. The van der Waals surface area contributed by atoms with Gasteiger partial charge in [-0.1, -0.05) is 11.8 Å². The van der Waals surface area contributed by atoms with Crippen molar-refractivity contribution in [2.45, 2.75) is 44.7 Å². The normalized spacial score (nSPS) is 19.0. The quantitative estimate of drug-likeness (QED) is 0.587. The number of aromatic nitrogens is 2. The van der Waals surface area contributed by atoms with Crippen LogP contribution in [0.4, 0.5) is 13.2 Å². The lowest BCUT2D eigenvalue weighted by atomic mass is 10.0. The lowest BCUT2D eigenvalue weighted by molar-refractivity contribution is -0.238. The minimum atomic E-state index is -5.09. The van der Waals surface area contributed by atoms with Gasteiger partial charge in [-0.3, -0.25) is 14.3 Å². The molecule has 8 nitrogen and oxygen atoms in total. The summed E-state index contributed by atoms with van der Waals surface area (Å²) in [6, 6.07) is 1.67. The number of aryl methyl sites for hydroxylation is 1. The zero-order chi connectivity index (χ0) is 22.3. The molecule has 1 fully saturated rings. The van der Waals surface area contributed by atoms with E-state index < -0.39 is 12.1 Å². The van der Waals surface area contributed by atoms with Crippen molar-refractivity contribution in [2.24, 2.45) is 0 Å². The summed E-state index contributed by atoms with van der Waals surface area (Å²) in [6.45, 7) is 3.71. The van der Waals surface area contributed by atoms with Gasteiger partial charge in [0.15, 0.2) is 5.12 Å². The van der Waals surface area contributed by atoms with Crippen LogP contribution in [0, 0.1) is 0 Å². The Bertz CT molecular complexity index is 809. The largest absolute Gasteiger partial charge is 0.492 e. The van der Waals surface area contributed by atoms with Crippen LogP contribution in [0.25, 0.3) is 6.08 Å². The topological polar surface area (TPSA) is 90.7 Å². The van der Waals surface area contributed by atoms with E-state index in [9.17, 15) is 27.6 Å². The highest BCUT2D eigenvalue weighted by Gasteiger charge is 2.43. The van der Waals surface area contributed by atoms with Crippen LogP contribution >= 0.6 is 11.8 Å². The average molecular weight is 449 g/mol. The molecule has 166 valence electrons. The number of carbonyl (C=O) groups is 3. The third-order valence-electron chi connectivity index (χ3n) is 4.01. The number of esters is 1. The molecule has 30 heavy (non-hydrogen) atoms. The molecular weight excluding hydrogens is 427 g/mol. The molecular formula is C18H22F3N3O5S. The molecule has 0 saturated carbocycles. The lowest BCUT2D eigenvalue weighted by Gasteiger charge is -2.32. The molecule has 1 aromatic rings. The maximum absolute atomic E-state index is 12.5. The third-order valence-corrected chi connectivity index (χ3v) is 5.16. The van der Waals surface area contributed by atoms with Gasteiger partial charge in [-0.2, -0.15) is 18.3 Å². The van der Waals surface area contributed by atoms with Crippen LogP contribution in [0.5, 0.6) is 0 Å². The van der Waals surface area contributed by atoms with Crippen LogP contribution in [-0.2, 0) is 30.5 Å². The van der Waals surface area contributed by atoms with Gasteiger partial charge in [0.05, 0.1) is 31.8 Å². The van der Waals surface area contributed by atoms with Crippen LogP contribution in [0.15, 0.2) is 17.8 Å². The fraction of sp³-hybridized carbons (Fsp3) is 0.556. The molecule has 0 aromatic carbocycles. The summed E-state index contributed by atoms with van der Waals surface area (Å²) < 4.78 is 43.8. The lowest BCUT2D eigenvalue weighted by Crippen LogP contribution is -2.41. The molecule has 0 amide bonds. The van der Waals surface area contributed by atoms with E-state index in [0.29, 0.717) is 30.8 Å². The standard InChI is InChI=1S/C18H22F3N3O5S/c1-3-28-16(26)6-8-23-7-4-14(22-23)10-13-11-24(29-17(27)18(19,20)21)9-5-15(13)30-12(2)25/h4,7,10,15H,3,5-6,8-9,11H2,1-2H3/b13-10+. The van der Waals surface area contributed by atoms with Crippen molar-refractivity contribution in [1.82, 2.24) is 14.8 Å². The average Bonchev–Trinajstić information content (AvgIpc) is 3.08. The number of nitrogens with zero attached hydrogens (tertiary/aromatic N) is 3. The second-order valence-electron chi connectivity index (χ2n) is 6.40. The highest BCUT2D eigenvalue weighted by atomic mass is 32.2. The van der Waals surface area contributed by atoms with Crippen LogP contribution in [0.1, 0.15) is 32.4 Å². The van der Waals surface area contributed by atoms with E-state index in [4.69, 9.17) is 4.74 Å². The van der Waals surface area contributed by atoms with Gasteiger partial charge in [0.2, 0.25) is 0 Å². The molecule has 0 aliphatic carbocycles. The van der Waals surface area contributed by atoms with Gasteiger partial charge in [-0.25, -0.2) is 4.79 Å². The van der Waals surface area contributed by atoms with E-state index in [1.54, 1.807) is 29.9 Å². The fourth-order valence-electron chi connectivity index (χ4n) is 2.76. The number of carbonyl (C=O) groups excluding carboxylic acids is 3. The highest BCUT2D eigenvalue weighted by Crippen LogP contribution is 2.30.